The molecular weight excluding hydrogens is 324 g/mol. The quantitative estimate of drug-likeness (QED) is 0.830. The van der Waals surface area contributed by atoms with E-state index >= 15 is 0 Å². The third-order valence-electron chi connectivity index (χ3n) is 5.63. The maximum Gasteiger partial charge on any atom is 0.257 e. The predicted octanol–water partition coefficient (Wildman–Crippen LogP) is 3.09. The molecule has 1 aromatic carbocycles. The Labute approximate surface area is 155 Å². The van der Waals surface area contributed by atoms with Crippen LogP contribution in [0.15, 0.2) is 30.3 Å². The summed E-state index contributed by atoms with van der Waals surface area (Å²) >= 11 is 0. The molecule has 5 heteroatoms. The SMILES string of the molecule is CCc1c(C(=O)N2CCN(CC)CC2)c(C2CC2)nn1-c1ccccc1. The van der Waals surface area contributed by atoms with Crippen molar-refractivity contribution < 1.29 is 4.79 Å². The van der Waals surface area contributed by atoms with Gasteiger partial charge < -0.3 is 9.80 Å². The van der Waals surface area contributed by atoms with E-state index in [4.69, 9.17) is 5.10 Å². The number of para-hydroxylation sites is 1. The molecule has 0 spiro atoms. The first-order valence-corrected chi connectivity index (χ1v) is 9.91. The summed E-state index contributed by atoms with van der Waals surface area (Å²) in [6, 6.07) is 10.2. The molecule has 0 N–H and O–H groups in total. The van der Waals surface area contributed by atoms with Gasteiger partial charge in [-0.1, -0.05) is 32.0 Å². The highest BCUT2D eigenvalue weighted by Crippen LogP contribution is 2.42. The molecule has 0 unspecified atom stereocenters. The molecule has 26 heavy (non-hydrogen) atoms. The number of rotatable bonds is 5. The van der Waals surface area contributed by atoms with Crippen molar-refractivity contribution in [3.05, 3.63) is 47.3 Å². The highest BCUT2D eigenvalue weighted by Gasteiger charge is 2.36. The van der Waals surface area contributed by atoms with Crippen LogP contribution in [0.1, 0.15) is 54.4 Å². The fourth-order valence-corrected chi connectivity index (χ4v) is 3.88. The average Bonchev–Trinajstić information content (AvgIpc) is 3.48. The summed E-state index contributed by atoms with van der Waals surface area (Å²) in [4.78, 5) is 17.9. The molecule has 1 aromatic heterocycles. The summed E-state index contributed by atoms with van der Waals surface area (Å²) in [5.74, 6) is 0.642. The molecule has 1 saturated heterocycles. The van der Waals surface area contributed by atoms with E-state index in [1.807, 2.05) is 27.8 Å². The van der Waals surface area contributed by atoms with Crippen molar-refractivity contribution in [2.45, 2.75) is 39.0 Å². The number of carbonyl (C=O) groups is 1. The Balaban J connectivity index is 1.70. The molecule has 0 radical (unpaired) electrons. The topological polar surface area (TPSA) is 41.4 Å². The number of aromatic nitrogens is 2. The monoisotopic (exact) mass is 352 g/mol. The van der Waals surface area contributed by atoms with E-state index in [0.717, 1.165) is 74.6 Å². The number of hydrogen-bond acceptors (Lipinski definition) is 3. The Hall–Kier alpha value is -2.14. The second kappa shape index (κ2) is 7.23. The third kappa shape index (κ3) is 3.16. The number of likely N-dealkylation sites (N-methyl/N-ethyl adjacent to an activating group) is 1. The molecule has 1 aliphatic heterocycles. The van der Waals surface area contributed by atoms with Gasteiger partial charge in [-0.25, -0.2) is 4.68 Å². The predicted molar refractivity (Wildman–Crippen MR) is 103 cm³/mol. The zero-order valence-electron chi connectivity index (χ0n) is 15.8. The number of benzene rings is 1. The van der Waals surface area contributed by atoms with Gasteiger partial charge in [0, 0.05) is 32.1 Å². The normalized spacial score (nSPS) is 18.3. The van der Waals surface area contributed by atoms with E-state index < -0.39 is 0 Å². The molecule has 1 aliphatic carbocycles. The lowest BCUT2D eigenvalue weighted by Gasteiger charge is -2.34. The van der Waals surface area contributed by atoms with Crippen molar-refractivity contribution in [2.24, 2.45) is 0 Å². The summed E-state index contributed by atoms with van der Waals surface area (Å²) in [5.41, 5.74) is 4.00. The highest BCUT2D eigenvalue weighted by atomic mass is 16.2. The molecule has 2 fully saturated rings. The first kappa shape index (κ1) is 17.3. The third-order valence-corrected chi connectivity index (χ3v) is 5.63. The van der Waals surface area contributed by atoms with Gasteiger partial charge in [-0.15, -0.1) is 0 Å². The van der Waals surface area contributed by atoms with Crippen molar-refractivity contribution in [3.8, 4) is 5.69 Å². The van der Waals surface area contributed by atoms with Crippen LogP contribution in [0, 0.1) is 0 Å². The van der Waals surface area contributed by atoms with Gasteiger partial charge in [0.05, 0.1) is 22.6 Å². The Bertz CT molecular complexity index is 771. The van der Waals surface area contributed by atoms with Crippen LogP contribution in [0.5, 0.6) is 0 Å². The van der Waals surface area contributed by atoms with Gasteiger partial charge in [0.15, 0.2) is 0 Å². The zero-order chi connectivity index (χ0) is 18.1. The first-order valence-electron chi connectivity index (χ1n) is 9.91. The van der Waals surface area contributed by atoms with Crippen molar-refractivity contribution in [2.75, 3.05) is 32.7 Å². The maximum atomic E-state index is 13.4. The van der Waals surface area contributed by atoms with E-state index in [9.17, 15) is 4.79 Å². The van der Waals surface area contributed by atoms with E-state index in [0.29, 0.717) is 5.92 Å². The molecule has 2 heterocycles. The van der Waals surface area contributed by atoms with Gasteiger partial charge >= 0.3 is 0 Å². The van der Waals surface area contributed by atoms with Crippen molar-refractivity contribution in [3.63, 3.8) is 0 Å². The van der Waals surface area contributed by atoms with Crippen LogP contribution in [-0.4, -0.2) is 58.2 Å². The average molecular weight is 352 g/mol. The molecule has 138 valence electrons. The number of carbonyl (C=O) groups excluding carboxylic acids is 1. The van der Waals surface area contributed by atoms with E-state index in [1.165, 1.54) is 0 Å². The Kier molecular flexibility index (Phi) is 4.81. The molecule has 0 atom stereocenters. The van der Waals surface area contributed by atoms with Crippen molar-refractivity contribution >= 4 is 5.91 Å². The fourth-order valence-electron chi connectivity index (χ4n) is 3.88. The van der Waals surface area contributed by atoms with Crippen LogP contribution in [-0.2, 0) is 6.42 Å². The Morgan fingerprint density at radius 3 is 2.35 bits per heavy atom. The largest absolute Gasteiger partial charge is 0.336 e. The summed E-state index contributed by atoms with van der Waals surface area (Å²) in [6.45, 7) is 8.93. The van der Waals surface area contributed by atoms with Crippen LogP contribution in [0.4, 0.5) is 0 Å². The lowest BCUT2D eigenvalue weighted by atomic mass is 10.1. The number of nitrogens with zero attached hydrogens (tertiary/aromatic N) is 4. The second-order valence-corrected chi connectivity index (χ2v) is 7.31. The maximum absolute atomic E-state index is 13.4. The molecule has 4 rings (SSSR count). The minimum absolute atomic E-state index is 0.182. The standard InChI is InChI=1S/C21H28N4O/c1-3-18-19(21(26)24-14-12-23(4-2)13-15-24)20(16-10-11-16)22-25(18)17-8-6-5-7-9-17/h5-9,16H,3-4,10-15H2,1-2H3. The molecule has 2 aliphatic rings. The van der Waals surface area contributed by atoms with Gasteiger partial charge in [0.2, 0.25) is 0 Å². The Morgan fingerprint density at radius 2 is 1.77 bits per heavy atom. The van der Waals surface area contributed by atoms with Crippen LogP contribution in [0.3, 0.4) is 0 Å². The lowest BCUT2D eigenvalue weighted by Crippen LogP contribution is -2.48. The molecule has 5 nitrogen and oxygen atoms in total. The van der Waals surface area contributed by atoms with Gasteiger partial charge in [-0.05, 0) is 37.9 Å². The van der Waals surface area contributed by atoms with E-state index in [-0.39, 0.29) is 5.91 Å². The summed E-state index contributed by atoms with van der Waals surface area (Å²) in [7, 11) is 0. The van der Waals surface area contributed by atoms with Crippen LogP contribution >= 0.6 is 0 Å². The summed E-state index contributed by atoms with van der Waals surface area (Å²) in [5, 5.41) is 4.92. The summed E-state index contributed by atoms with van der Waals surface area (Å²) in [6.07, 6.45) is 3.11. The molecule has 1 saturated carbocycles. The van der Waals surface area contributed by atoms with Crippen LogP contribution in [0.25, 0.3) is 5.69 Å². The van der Waals surface area contributed by atoms with Gasteiger partial charge in [0.25, 0.3) is 5.91 Å². The summed E-state index contributed by atoms with van der Waals surface area (Å²) < 4.78 is 2.00. The molecule has 2 aromatic rings. The van der Waals surface area contributed by atoms with Gasteiger partial charge in [-0.3, -0.25) is 4.79 Å². The van der Waals surface area contributed by atoms with Gasteiger partial charge in [0.1, 0.15) is 0 Å². The molecule has 0 bridgehead atoms. The molecule has 1 amide bonds. The van der Waals surface area contributed by atoms with Crippen LogP contribution in [0.2, 0.25) is 0 Å². The Morgan fingerprint density at radius 1 is 1.08 bits per heavy atom. The molecular formula is C21H28N4O. The second-order valence-electron chi connectivity index (χ2n) is 7.31. The van der Waals surface area contributed by atoms with Gasteiger partial charge in [-0.2, -0.15) is 5.10 Å². The number of amides is 1. The number of piperazine rings is 1. The van der Waals surface area contributed by atoms with Crippen molar-refractivity contribution in [1.82, 2.24) is 19.6 Å². The van der Waals surface area contributed by atoms with Crippen molar-refractivity contribution in [1.29, 1.82) is 0 Å². The lowest BCUT2D eigenvalue weighted by molar-refractivity contribution is 0.0641. The highest BCUT2D eigenvalue weighted by molar-refractivity contribution is 5.97. The fraction of sp³-hybridized carbons (Fsp3) is 0.524. The zero-order valence-corrected chi connectivity index (χ0v) is 15.8. The van der Waals surface area contributed by atoms with E-state index in [1.54, 1.807) is 0 Å². The van der Waals surface area contributed by atoms with Crippen LogP contribution < -0.4 is 0 Å². The minimum Gasteiger partial charge on any atom is -0.336 e. The minimum atomic E-state index is 0.182. The first-order chi connectivity index (χ1) is 12.7. The number of hydrogen-bond donors (Lipinski definition) is 0. The smallest absolute Gasteiger partial charge is 0.257 e. The van der Waals surface area contributed by atoms with E-state index in [2.05, 4.69) is 30.9 Å².